The maximum absolute atomic E-state index is 12.9. The van der Waals surface area contributed by atoms with Crippen LogP contribution < -0.4 is 80.4 Å². The predicted octanol–water partition coefficient (Wildman–Crippen LogP) is 22.6. The van der Waals surface area contributed by atoms with Crippen molar-refractivity contribution < 1.29 is 76.3 Å². The average Bonchev–Trinajstić information content (AvgIpc) is 1.68. The monoisotopic (exact) mass is 1870 g/mol. The summed E-state index contributed by atoms with van der Waals surface area (Å²) in [5, 5.41) is 0. The summed E-state index contributed by atoms with van der Waals surface area (Å²) >= 11 is 0. The van der Waals surface area contributed by atoms with Gasteiger partial charge >= 0.3 is 0 Å². The van der Waals surface area contributed by atoms with Gasteiger partial charge in [0.05, 0.1) is 24.4 Å². The van der Waals surface area contributed by atoms with E-state index in [2.05, 4.69) is 0 Å². The van der Waals surface area contributed by atoms with E-state index in [0.29, 0.717) is 120 Å². The maximum atomic E-state index is 12.9. The fourth-order valence-corrected chi connectivity index (χ4v) is 19.5. The molecule has 12 aromatic rings. The first-order valence-electron chi connectivity index (χ1n) is 48.5. The smallest absolute Gasteiger partial charge is 0.248 e. The molecule has 20 rings (SSSR count). The molecule has 4 atom stereocenters. The summed E-state index contributed by atoms with van der Waals surface area (Å²) in [5.41, 5.74) is 33.5. The Labute approximate surface area is 810 Å². The van der Waals surface area contributed by atoms with Crippen molar-refractivity contribution in [2.45, 2.75) is 197 Å². The third-order valence-corrected chi connectivity index (χ3v) is 27.2. The van der Waals surface area contributed by atoms with Gasteiger partial charge in [-0.3, -0.25) is 38.4 Å². The van der Waals surface area contributed by atoms with Crippen LogP contribution in [0.15, 0.2) is 273 Å². The zero-order valence-corrected chi connectivity index (χ0v) is 78.7. The zero-order valence-electron chi connectivity index (χ0n) is 78.7. The highest BCUT2D eigenvalue weighted by atomic mass is 16.5. The van der Waals surface area contributed by atoms with E-state index in [1.54, 1.807) is 92.4 Å². The van der Waals surface area contributed by atoms with Gasteiger partial charge in [0.1, 0.15) is 23.0 Å². The van der Waals surface area contributed by atoms with Gasteiger partial charge in [0.25, 0.3) is 0 Å². The van der Waals surface area contributed by atoms with Gasteiger partial charge in [0, 0.05) is 121 Å². The maximum Gasteiger partial charge on any atom is 0.248 e. The van der Waals surface area contributed by atoms with Crippen molar-refractivity contribution in [3.05, 3.63) is 334 Å². The Hall–Kier alpha value is -15.2. The van der Waals surface area contributed by atoms with Gasteiger partial charge in [-0.25, -0.2) is 0 Å². The molecule has 24 heteroatoms. The van der Waals surface area contributed by atoms with Gasteiger partial charge < -0.3 is 80.4 Å². The molecule has 4 aliphatic heterocycles. The molecule has 0 spiro atoms. The Morgan fingerprint density at radius 3 is 0.842 bits per heavy atom. The third-order valence-electron chi connectivity index (χ3n) is 27.2. The van der Waals surface area contributed by atoms with Gasteiger partial charge in [-0.05, 0) is 321 Å². The number of ether oxygens (including phenoxy) is 8. The topological polar surface area (TPSA) is 327 Å². The molecule has 139 heavy (non-hydrogen) atoms. The van der Waals surface area contributed by atoms with Crippen LogP contribution in [0.4, 0.5) is 22.7 Å². The van der Waals surface area contributed by atoms with Gasteiger partial charge in [-0.2, -0.15) is 0 Å². The molecule has 8 aliphatic rings. The van der Waals surface area contributed by atoms with Crippen molar-refractivity contribution in [2.75, 3.05) is 45.8 Å². The first-order valence-corrected chi connectivity index (χ1v) is 48.5. The molecule has 4 saturated carbocycles. The number of anilines is 4. The number of nitrogens with two attached hydrogens (primary N) is 4. The second kappa shape index (κ2) is 44.3. The lowest BCUT2D eigenvalue weighted by Gasteiger charge is -2.20. The summed E-state index contributed by atoms with van der Waals surface area (Å²) in [5.74, 6) is 6.80. The number of nitrogens with zero attached hydrogens (tertiary/aromatic N) is 4. The molecule has 0 aromatic heterocycles. The van der Waals surface area contributed by atoms with Crippen molar-refractivity contribution in [2.24, 2.45) is 22.9 Å². The summed E-state index contributed by atoms with van der Waals surface area (Å²) in [6.45, 7) is 8.22. The second-order valence-corrected chi connectivity index (χ2v) is 37.3. The number of primary amides is 4. The summed E-state index contributed by atoms with van der Waals surface area (Å²) in [4.78, 5) is 105. The fourth-order valence-electron chi connectivity index (χ4n) is 19.5. The van der Waals surface area contributed by atoms with E-state index in [1.165, 1.54) is 56.9 Å². The summed E-state index contributed by atoms with van der Waals surface area (Å²) in [7, 11) is 0. The molecule has 24 nitrogen and oxygen atoms in total. The first-order chi connectivity index (χ1) is 67.5. The van der Waals surface area contributed by atoms with Crippen LogP contribution in [0.1, 0.15) is 232 Å². The lowest BCUT2D eigenvalue weighted by atomic mass is 9.97. The van der Waals surface area contributed by atoms with Crippen LogP contribution in [0.25, 0.3) is 0 Å². The molecule has 0 unspecified atom stereocenters. The number of hydrogen-bond acceptors (Lipinski definition) is 16. The van der Waals surface area contributed by atoms with Crippen molar-refractivity contribution >= 4 is 70.0 Å². The van der Waals surface area contributed by atoms with Crippen LogP contribution in [0.2, 0.25) is 0 Å². The fraction of sp³-hybridized carbons (Fsp3) is 0.304. The van der Waals surface area contributed by atoms with Crippen LogP contribution >= 0.6 is 0 Å². The SMILES string of the molecule is Cc1ccc(Oc2ccc([C@@H]3CC(=O)N(c4cccc(C(N)=O)c4)C3)cc2OC2CCCC2)cc1.Cc1cccc(Oc2ccc([C@@H]3CC(=O)N(c4cccc(C(N)=O)c4)C3)cc2OC2CCCC2)c1.Cc1ccccc1Oc1ccc([C@@H]2CC(=O)N(c3cccc(C(N)=O)c3)C2)cc1OC1CCCC1.NC(=O)c1cccc(N2C[C@H](c3ccc(Oc4ccccc4)c(OC4CCCC4)c3)CC2=O)c1. The minimum absolute atomic E-state index is 0.0122. The number of rotatable bonds is 28. The lowest BCUT2D eigenvalue weighted by Crippen LogP contribution is -2.24. The van der Waals surface area contributed by atoms with Crippen molar-refractivity contribution in [3.8, 4) is 69.0 Å². The molecule has 0 radical (unpaired) electrons. The molecule has 8 amide bonds. The minimum atomic E-state index is -0.507. The Balaban J connectivity index is 0.000000128. The number of para-hydroxylation sites is 2. The van der Waals surface area contributed by atoms with E-state index >= 15 is 0 Å². The Morgan fingerprint density at radius 2 is 0.532 bits per heavy atom. The van der Waals surface area contributed by atoms with Crippen LogP contribution in [0, 0.1) is 20.8 Å². The van der Waals surface area contributed by atoms with Crippen LogP contribution in [-0.4, -0.2) is 97.9 Å². The van der Waals surface area contributed by atoms with Crippen molar-refractivity contribution in [1.29, 1.82) is 0 Å². The summed E-state index contributed by atoms with van der Waals surface area (Å²) in [6.07, 6.45) is 20.0. The summed E-state index contributed by atoms with van der Waals surface area (Å²) in [6, 6.07) is 85.1. The molecule has 4 aliphatic carbocycles. The molecule has 8 fully saturated rings. The highest BCUT2D eigenvalue weighted by Crippen LogP contribution is 2.47. The van der Waals surface area contributed by atoms with Gasteiger partial charge in [-0.15, -0.1) is 0 Å². The standard InChI is InChI=1S/3C29H30N2O4.C28H28N2O4/c1-19-7-2-5-12-25(19)35-26-14-13-20(16-27(26)34-24-10-3-4-11-24)22-17-28(32)31(18-22)23-9-6-8-21(15-23)29(30)33;1-19-6-4-11-25(14-19)35-26-13-12-20(16-27(26)34-24-9-2-3-10-24)22-17-28(32)31(18-22)23-8-5-7-21(15-23)29(30)33;1-19-9-12-25(13-10-19)34-26-14-11-20(16-27(26)35-24-7-2-3-8-24)22-17-28(32)31(18-22)23-6-4-5-21(15-23)29(30)33;29-28(32)20-7-6-8-22(15-20)30-18-21(17-27(30)31)19-13-14-25(33-23-9-2-1-3-10-23)26(16-19)34-24-11-4-5-12-24/h2,5-9,12-16,22,24H,3-4,10-11,17-18H2,1H3,(H2,30,33);4-8,11-16,22,24H,2-3,9-10,17-18H2,1H3,(H2,30,33);4-6,9-16,22,24H,2-3,7-8,17-18H2,1H3,(H2,30,33);1-3,6-10,13-16,21,24H,4-5,11-12,17-18H2,(H2,29,32)/t3*22-;21-/m1111/s1. The number of aryl methyl sites for hydroxylation is 3. The normalized spacial score (nSPS) is 18.2. The van der Waals surface area contributed by atoms with E-state index in [9.17, 15) is 38.4 Å². The average molecular weight is 1870 g/mol. The number of amides is 8. The van der Waals surface area contributed by atoms with Gasteiger partial charge in [-0.1, -0.05) is 115 Å². The highest BCUT2D eigenvalue weighted by Gasteiger charge is 2.39. The molecule has 8 N–H and O–H groups in total. The van der Waals surface area contributed by atoms with E-state index in [4.69, 9.17) is 60.8 Å². The lowest BCUT2D eigenvalue weighted by molar-refractivity contribution is -0.118. The third kappa shape index (κ3) is 24.3. The quantitative estimate of drug-likeness (QED) is 0.0354. The molecule has 4 saturated heterocycles. The molecular formula is C115H118N8O16. The zero-order chi connectivity index (χ0) is 96.6. The number of carbonyl (C=O) groups excluding carboxylic acids is 8. The molecular weight excluding hydrogens is 1750 g/mol. The van der Waals surface area contributed by atoms with Crippen LogP contribution in [-0.2, 0) is 19.2 Å². The van der Waals surface area contributed by atoms with Crippen LogP contribution in [0.5, 0.6) is 69.0 Å². The molecule has 0 bridgehead atoms. The van der Waals surface area contributed by atoms with E-state index in [1.807, 2.05) is 221 Å². The molecule has 4 heterocycles. The van der Waals surface area contributed by atoms with E-state index in [-0.39, 0.29) is 71.7 Å². The Morgan fingerprint density at radius 1 is 0.252 bits per heavy atom. The van der Waals surface area contributed by atoms with Crippen molar-refractivity contribution in [1.82, 2.24) is 0 Å². The van der Waals surface area contributed by atoms with Crippen molar-refractivity contribution in [3.63, 3.8) is 0 Å². The Kier molecular flexibility index (Phi) is 30.4. The highest BCUT2D eigenvalue weighted by molar-refractivity contribution is 6.03. The van der Waals surface area contributed by atoms with Gasteiger partial charge in [0.15, 0.2) is 46.0 Å². The predicted molar refractivity (Wildman–Crippen MR) is 536 cm³/mol. The minimum Gasteiger partial charge on any atom is -0.487 e. The summed E-state index contributed by atoms with van der Waals surface area (Å²) < 4.78 is 50.5. The van der Waals surface area contributed by atoms with E-state index < -0.39 is 23.6 Å². The van der Waals surface area contributed by atoms with Gasteiger partial charge in [0.2, 0.25) is 47.3 Å². The Bertz CT molecular complexity index is 6460. The first kappa shape index (κ1) is 95.5. The number of carbonyl (C=O) groups is 8. The second-order valence-electron chi connectivity index (χ2n) is 37.3. The van der Waals surface area contributed by atoms with Crippen LogP contribution in [0.3, 0.4) is 0 Å². The number of benzene rings is 12. The largest absolute Gasteiger partial charge is 0.487 e. The molecule has 714 valence electrons. The van der Waals surface area contributed by atoms with E-state index in [0.717, 1.165) is 131 Å². The number of hydrogen-bond donors (Lipinski definition) is 4. The molecule has 12 aromatic carbocycles.